The van der Waals surface area contributed by atoms with Gasteiger partial charge >= 0.3 is 0 Å². The number of benzene rings is 2. The molecular weight excluding hydrogens is 421 g/mol. The second kappa shape index (κ2) is 9.60. The van der Waals surface area contributed by atoms with Gasteiger partial charge in [-0.15, -0.1) is 0 Å². The molecule has 0 unspecified atom stereocenters. The van der Waals surface area contributed by atoms with Gasteiger partial charge < -0.3 is 10.2 Å². The number of hydrogen-bond acceptors (Lipinski definition) is 4. The molecule has 0 bridgehead atoms. The van der Waals surface area contributed by atoms with Crippen molar-refractivity contribution in [3.63, 3.8) is 0 Å². The first-order chi connectivity index (χ1) is 13.1. The molecule has 9 heteroatoms. The van der Waals surface area contributed by atoms with Crippen LogP contribution in [-0.2, 0) is 14.8 Å². The van der Waals surface area contributed by atoms with Crippen molar-refractivity contribution in [3.8, 4) is 0 Å². The molecule has 6 nitrogen and oxygen atoms in total. The summed E-state index contributed by atoms with van der Waals surface area (Å²) in [6, 6.07) is 10.8. The van der Waals surface area contributed by atoms with E-state index in [-0.39, 0.29) is 27.2 Å². The molecule has 0 aromatic heterocycles. The summed E-state index contributed by atoms with van der Waals surface area (Å²) >= 11 is 12.1. The second-order valence-corrected chi connectivity index (χ2v) is 9.34. The van der Waals surface area contributed by atoms with Crippen LogP contribution in [0.2, 0.25) is 10.0 Å². The van der Waals surface area contributed by atoms with Gasteiger partial charge in [0.05, 0.1) is 10.6 Å². The minimum atomic E-state index is -4.00. The Morgan fingerprint density at radius 3 is 2.14 bits per heavy atom. The smallest absolute Gasteiger partial charge is 0.264 e. The van der Waals surface area contributed by atoms with Crippen molar-refractivity contribution in [2.24, 2.45) is 0 Å². The van der Waals surface area contributed by atoms with Gasteiger partial charge in [-0.1, -0.05) is 40.9 Å². The van der Waals surface area contributed by atoms with Gasteiger partial charge in [-0.25, -0.2) is 8.42 Å². The fraction of sp³-hybridized carbons (Fsp3) is 0.316. The highest BCUT2D eigenvalue weighted by Crippen LogP contribution is 2.29. The number of carbonyl (C=O) groups is 1. The minimum absolute atomic E-state index is 0.0790. The van der Waals surface area contributed by atoms with Crippen LogP contribution in [0, 0.1) is 6.92 Å². The van der Waals surface area contributed by atoms with Crippen molar-refractivity contribution < 1.29 is 13.2 Å². The zero-order valence-electron chi connectivity index (χ0n) is 15.9. The summed E-state index contributed by atoms with van der Waals surface area (Å²) in [6.07, 6.45) is 0. The molecule has 0 heterocycles. The molecule has 0 saturated carbocycles. The van der Waals surface area contributed by atoms with E-state index in [1.54, 1.807) is 12.1 Å². The van der Waals surface area contributed by atoms with Crippen LogP contribution in [0.15, 0.2) is 47.4 Å². The second-order valence-electron chi connectivity index (χ2n) is 6.61. The van der Waals surface area contributed by atoms with E-state index in [9.17, 15) is 13.2 Å². The van der Waals surface area contributed by atoms with E-state index < -0.39 is 15.9 Å². The molecule has 2 aromatic rings. The molecule has 2 aromatic carbocycles. The predicted octanol–water partition coefficient (Wildman–Crippen LogP) is 3.17. The summed E-state index contributed by atoms with van der Waals surface area (Å²) < 4.78 is 27.5. The van der Waals surface area contributed by atoms with Crippen LogP contribution in [0.5, 0.6) is 0 Å². The molecule has 0 atom stereocenters. The number of likely N-dealkylation sites (N-methyl/N-ethyl adjacent to an activating group) is 1. The largest absolute Gasteiger partial charge is 0.353 e. The summed E-state index contributed by atoms with van der Waals surface area (Å²) in [6.45, 7) is 2.52. The maximum atomic E-state index is 13.2. The van der Waals surface area contributed by atoms with Gasteiger partial charge in [0.1, 0.15) is 6.54 Å². The van der Waals surface area contributed by atoms with Crippen LogP contribution < -0.4 is 9.62 Å². The predicted molar refractivity (Wildman–Crippen MR) is 114 cm³/mol. The third-order valence-corrected chi connectivity index (χ3v) is 6.14. The number of anilines is 1. The van der Waals surface area contributed by atoms with Crippen LogP contribution in [0.4, 0.5) is 5.69 Å². The van der Waals surface area contributed by atoms with E-state index >= 15 is 0 Å². The summed E-state index contributed by atoms with van der Waals surface area (Å²) in [5.74, 6) is -0.423. The maximum Gasteiger partial charge on any atom is 0.264 e. The van der Waals surface area contributed by atoms with Crippen LogP contribution >= 0.6 is 23.2 Å². The summed E-state index contributed by atoms with van der Waals surface area (Å²) in [5.41, 5.74) is 1.15. The van der Waals surface area contributed by atoms with Gasteiger partial charge in [0.2, 0.25) is 5.91 Å². The van der Waals surface area contributed by atoms with Gasteiger partial charge in [-0.2, -0.15) is 0 Å². The van der Waals surface area contributed by atoms with Crippen molar-refractivity contribution in [1.29, 1.82) is 0 Å². The molecule has 152 valence electrons. The molecule has 0 fully saturated rings. The lowest BCUT2D eigenvalue weighted by molar-refractivity contribution is -0.119. The topological polar surface area (TPSA) is 69.7 Å². The minimum Gasteiger partial charge on any atom is -0.353 e. The van der Waals surface area contributed by atoms with Gasteiger partial charge in [-0.05, 0) is 51.4 Å². The molecule has 0 aliphatic carbocycles. The Hall–Kier alpha value is -1.80. The third-order valence-electron chi connectivity index (χ3n) is 3.91. The standard InChI is InChI=1S/C19H23Cl2N3O3S/c1-14-4-6-18(7-5-14)28(26,27)24(13-19(25)22-8-9-23(2)3)17-11-15(20)10-16(21)12-17/h4-7,10-12H,8-9,13H2,1-3H3,(H,22,25). The first-order valence-corrected chi connectivity index (χ1v) is 10.8. The van der Waals surface area contributed by atoms with E-state index in [1.807, 2.05) is 25.9 Å². The number of carbonyl (C=O) groups excluding carboxylic acids is 1. The zero-order chi connectivity index (χ0) is 20.9. The van der Waals surface area contributed by atoms with Gasteiger partial charge in [0, 0.05) is 23.1 Å². The highest BCUT2D eigenvalue weighted by molar-refractivity contribution is 7.92. The maximum absolute atomic E-state index is 13.2. The lowest BCUT2D eigenvalue weighted by atomic mass is 10.2. The fourth-order valence-electron chi connectivity index (χ4n) is 2.44. The first kappa shape index (κ1) is 22.5. The summed E-state index contributed by atoms with van der Waals surface area (Å²) in [7, 11) is -0.230. The molecule has 0 radical (unpaired) electrons. The van der Waals surface area contributed by atoms with E-state index in [0.717, 1.165) is 9.87 Å². The van der Waals surface area contributed by atoms with Crippen molar-refractivity contribution in [1.82, 2.24) is 10.2 Å². The number of sulfonamides is 1. The van der Waals surface area contributed by atoms with Crippen LogP contribution in [0.25, 0.3) is 0 Å². The first-order valence-electron chi connectivity index (χ1n) is 8.56. The van der Waals surface area contributed by atoms with E-state index in [1.165, 1.54) is 30.3 Å². The Morgan fingerprint density at radius 2 is 1.61 bits per heavy atom. The van der Waals surface area contributed by atoms with Crippen LogP contribution in [-0.4, -0.2) is 53.0 Å². The quantitative estimate of drug-likeness (QED) is 0.679. The molecule has 2 rings (SSSR count). The van der Waals surface area contributed by atoms with Crippen molar-refractivity contribution in [2.75, 3.05) is 38.0 Å². The Balaban J connectivity index is 2.38. The molecule has 28 heavy (non-hydrogen) atoms. The van der Waals surface area contributed by atoms with Crippen molar-refractivity contribution >= 4 is 44.8 Å². The van der Waals surface area contributed by atoms with Crippen LogP contribution in [0.1, 0.15) is 5.56 Å². The average molecular weight is 444 g/mol. The zero-order valence-corrected chi connectivity index (χ0v) is 18.3. The SMILES string of the molecule is Cc1ccc(S(=O)(=O)N(CC(=O)NCCN(C)C)c2cc(Cl)cc(Cl)c2)cc1. The number of nitrogens with one attached hydrogen (secondary N) is 1. The lowest BCUT2D eigenvalue weighted by Crippen LogP contribution is -2.42. The lowest BCUT2D eigenvalue weighted by Gasteiger charge is -2.24. The molecular formula is C19H23Cl2N3O3S. The Bertz CT molecular complexity index is 912. The number of aryl methyl sites for hydroxylation is 1. The van der Waals surface area contributed by atoms with Crippen molar-refractivity contribution in [3.05, 3.63) is 58.1 Å². The highest BCUT2D eigenvalue weighted by Gasteiger charge is 2.27. The number of amides is 1. The third kappa shape index (κ3) is 6.10. The van der Waals surface area contributed by atoms with Crippen LogP contribution in [0.3, 0.4) is 0 Å². The Morgan fingerprint density at radius 1 is 1.04 bits per heavy atom. The highest BCUT2D eigenvalue weighted by atomic mass is 35.5. The molecule has 0 spiro atoms. The number of rotatable bonds is 8. The summed E-state index contributed by atoms with van der Waals surface area (Å²) in [5, 5.41) is 3.28. The van der Waals surface area contributed by atoms with E-state index in [2.05, 4.69) is 5.32 Å². The number of nitrogens with zero attached hydrogens (tertiary/aromatic N) is 2. The molecule has 0 saturated heterocycles. The van der Waals surface area contributed by atoms with E-state index in [4.69, 9.17) is 23.2 Å². The molecule has 1 N–H and O–H groups in total. The number of hydrogen-bond donors (Lipinski definition) is 1. The van der Waals surface area contributed by atoms with Gasteiger partial charge in [0.25, 0.3) is 10.0 Å². The fourth-order valence-corrected chi connectivity index (χ4v) is 4.36. The van der Waals surface area contributed by atoms with Gasteiger partial charge in [0.15, 0.2) is 0 Å². The Labute approximate surface area is 176 Å². The molecule has 0 aliphatic rings. The monoisotopic (exact) mass is 443 g/mol. The number of halogens is 2. The average Bonchev–Trinajstić information content (AvgIpc) is 2.58. The Kier molecular flexibility index (Phi) is 7.71. The molecule has 0 aliphatic heterocycles. The van der Waals surface area contributed by atoms with Gasteiger partial charge in [-0.3, -0.25) is 9.10 Å². The van der Waals surface area contributed by atoms with E-state index in [0.29, 0.717) is 13.1 Å². The summed E-state index contributed by atoms with van der Waals surface area (Å²) in [4.78, 5) is 14.4. The van der Waals surface area contributed by atoms with Crippen molar-refractivity contribution in [2.45, 2.75) is 11.8 Å². The normalized spacial score (nSPS) is 11.5. The molecule has 1 amide bonds.